The Morgan fingerprint density at radius 3 is 2.51 bits per heavy atom. The third-order valence-corrected chi connectivity index (χ3v) is 5.34. The molecule has 0 aliphatic heterocycles. The SMILES string of the molecule is C=CC(=O)Nc1cccc(-c2cccc(Nc3cc(NC(=O)C4CC4)nnc3C(N)=O)c2OC)c1. The minimum absolute atomic E-state index is 0.0205. The monoisotopic (exact) mass is 472 g/mol. The molecule has 3 aromatic rings. The van der Waals surface area contributed by atoms with Crippen molar-refractivity contribution in [3.05, 3.63) is 66.9 Å². The molecule has 2 aromatic carbocycles. The zero-order valence-electron chi connectivity index (χ0n) is 19.0. The third kappa shape index (κ3) is 5.44. The van der Waals surface area contributed by atoms with E-state index in [1.54, 1.807) is 24.3 Å². The van der Waals surface area contributed by atoms with Gasteiger partial charge in [0.1, 0.15) is 5.75 Å². The molecule has 0 atom stereocenters. The second-order valence-electron chi connectivity index (χ2n) is 7.91. The first-order chi connectivity index (χ1) is 16.9. The van der Waals surface area contributed by atoms with E-state index in [4.69, 9.17) is 10.5 Å². The van der Waals surface area contributed by atoms with Gasteiger partial charge in [-0.1, -0.05) is 30.8 Å². The number of methoxy groups -OCH3 is 1. The second-order valence-corrected chi connectivity index (χ2v) is 7.91. The predicted octanol–water partition coefficient (Wildman–Crippen LogP) is 3.47. The number of nitrogens with two attached hydrogens (primary N) is 1. The Hall–Kier alpha value is -4.73. The number of hydrogen-bond acceptors (Lipinski definition) is 7. The number of nitrogens with one attached hydrogen (secondary N) is 3. The van der Waals surface area contributed by atoms with Crippen molar-refractivity contribution in [1.82, 2.24) is 10.2 Å². The topological polar surface area (TPSA) is 148 Å². The first-order valence-electron chi connectivity index (χ1n) is 10.9. The van der Waals surface area contributed by atoms with Crippen molar-refractivity contribution >= 4 is 40.6 Å². The zero-order chi connectivity index (χ0) is 24.9. The molecule has 1 saturated carbocycles. The number of aromatic nitrogens is 2. The number of carbonyl (C=O) groups excluding carboxylic acids is 3. The molecular weight excluding hydrogens is 448 g/mol. The summed E-state index contributed by atoms with van der Waals surface area (Å²) in [5.41, 5.74) is 8.32. The van der Waals surface area contributed by atoms with Crippen LogP contribution < -0.4 is 26.4 Å². The Balaban J connectivity index is 1.69. The van der Waals surface area contributed by atoms with Crippen LogP contribution in [0.4, 0.5) is 22.9 Å². The molecule has 1 aliphatic carbocycles. The van der Waals surface area contributed by atoms with Gasteiger partial charge in [0.25, 0.3) is 5.91 Å². The van der Waals surface area contributed by atoms with Gasteiger partial charge in [-0.3, -0.25) is 14.4 Å². The minimum atomic E-state index is -0.777. The van der Waals surface area contributed by atoms with Crippen molar-refractivity contribution in [2.45, 2.75) is 12.8 Å². The summed E-state index contributed by atoms with van der Waals surface area (Å²) in [6.45, 7) is 3.46. The lowest BCUT2D eigenvalue weighted by molar-refractivity contribution is -0.117. The van der Waals surface area contributed by atoms with Gasteiger partial charge in [0.15, 0.2) is 11.5 Å². The summed E-state index contributed by atoms with van der Waals surface area (Å²) < 4.78 is 5.69. The number of rotatable bonds is 9. The summed E-state index contributed by atoms with van der Waals surface area (Å²) in [7, 11) is 1.52. The van der Waals surface area contributed by atoms with E-state index < -0.39 is 5.91 Å². The Labute approximate surface area is 201 Å². The molecule has 0 radical (unpaired) electrons. The van der Waals surface area contributed by atoms with Crippen LogP contribution in [-0.2, 0) is 9.59 Å². The van der Waals surface area contributed by atoms with Crippen LogP contribution in [-0.4, -0.2) is 35.0 Å². The number of carbonyl (C=O) groups is 3. The van der Waals surface area contributed by atoms with Crippen LogP contribution in [0.25, 0.3) is 11.1 Å². The van der Waals surface area contributed by atoms with Gasteiger partial charge >= 0.3 is 0 Å². The zero-order valence-corrected chi connectivity index (χ0v) is 19.0. The van der Waals surface area contributed by atoms with Gasteiger partial charge in [-0.05, 0) is 42.7 Å². The standard InChI is InChI=1S/C25H24N6O4/c1-3-21(32)27-16-7-4-6-15(12-16)17-8-5-9-18(23(17)35-2)28-19-13-20(29-25(34)14-10-11-14)30-31-22(19)24(26)33/h3-9,12-14H,1,10-11H2,2H3,(H2,26,33)(H,27,32)(H2,28,29,30,34). The Kier molecular flexibility index (Phi) is 6.72. The summed E-state index contributed by atoms with van der Waals surface area (Å²) in [4.78, 5) is 35.8. The van der Waals surface area contributed by atoms with E-state index in [0.717, 1.165) is 24.0 Å². The number of amides is 3. The number of hydrogen-bond donors (Lipinski definition) is 4. The van der Waals surface area contributed by atoms with E-state index in [1.165, 1.54) is 19.3 Å². The highest BCUT2D eigenvalue weighted by Crippen LogP contribution is 2.39. The van der Waals surface area contributed by atoms with E-state index in [0.29, 0.717) is 17.1 Å². The fourth-order valence-corrected chi connectivity index (χ4v) is 3.49. The van der Waals surface area contributed by atoms with Crippen LogP contribution in [0.3, 0.4) is 0 Å². The summed E-state index contributed by atoms with van der Waals surface area (Å²) in [5, 5.41) is 16.4. The number of nitrogens with zero attached hydrogens (tertiary/aromatic N) is 2. The summed E-state index contributed by atoms with van der Waals surface area (Å²) in [6, 6.07) is 14.2. The van der Waals surface area contributed by atoms with Gasteiger partial charge in [-0.25, -0.2) is 0 Å². The smallest absolute Gasteiger partial charge is 0.271 e. The van der Waals surface area contributed by atoms with E-state index >= 15 is 0 Å². The van der Waals surface area contributed by atoms with Crippen LogP contribution in [0.1, 0.15) is 23.3 Å². The molecule has 1 heterocycles. The van der Waals surface area contributed by atoms with Crippen LogP contribution >= 0.6 is 0 Å². The van der Waals surface area contributed by atoms with Crippen molar-refractivity contribution in [3.8, 4) is 16.9 Å². The van der Waals surface area contributed by atoms with Crippen molar-refractivity contribution in [1.29, 1.82) is 0 Å². The number of anilines is 4. The second kappa shape index (κ2) is 10.0. The molecule has 0 spiro atoms. The molecule has 1 aliphatic rings. The fraction of sp³-hybridized carbons (Fsp3) is 0.160. The molecule has 1 aromatic heterocycles. The highest BCUT2D eigenvalue weighted by molar-refractivity contribution is 6.00. The average molecular weight is 473 g/mol. The Bertz CT molecular complexity index is 1320. The van der Waals surface area contributed by atoms with Gasteiger partial charge in [0.2, 0.25) is 11.8 Å². The van der Waals surface area contributed by atoms with E-state index in [-0.39, 0.29) is 34.9 Å². The lowest BCUT2D eigenvalue weighted by Gasteiger charge is -2.17. The van der Waals surface area contributed by atoms with Crippen molar-refractivity contribution in [2.75, 3.05) is 23.1 Å². The quantitative estimate of drug-likeness (QED) is 0.349. The summed E-state index contributed by atoms with van der Waals surface area (Å²) in [5.74, 6) is -0.572. The Morgan fingerprint density at radius 1 is 1.06 bits per heavy atom. The van der Waals surface area contributed by atoms with E-state index in [2.05, 4.69) is 32.7 Å². The number of ether oxygens (including phenoxy) is 1. The molecule has 10 heteroatoms. The van der Waals surface area contributed by atoms with Crippen molar-refractivity contribution in [2.24, 2.45) is 11.7 Å². The molecule has 0 unspecified atom stereocenters. The lowest BCUT2D eigenvalue weighted by Crippen LogP contribution is -2.19. The molecule has 10 nitrogen and oxygen atoms in total. The predicted molar refractivity (Wildman–Crippen MR) is 132 cm³/mol. The summed E-state index contributed by atoms with van der Waals surface area (Å²) >= 11 is 0. The molecule has 35 heavy (non-hydrogen) atoms. The molecule has 3 amide bonds. The van der Waals surface area contributed by atoms with Crippen LogP contribution in [0.15, 0.2) is 61.2 Å². The number of para-hydroxylation sites is 1. The molecule has 178 valence electrons. The molecule has 0 bridgehead atoms. The molecular formula is C25H24N6O4. The van der Waals surface area contributed by atoms with E-state index in [1.807, 2.05) is 18.2 Å². The van der Waals surface area contributed by atoms with Gasteiger partial charge in [0.05, 0.1) is 18.5 Å². The summed E-state index contributed by atoms with van der Waals surface area (Å²) in [6.07, 6.45) is 2.87. The molecule has 1 fully saturated rings. The largest absolute Gasteiger partial charge is 0.494 e. The highest BCUT2D eigenvalue weighted by Gasteiger charge is 2.30. The molecule has 5 N–H and O–H groups in total. The first kappa shape index (κ1) is 23.4. The van der Waals surface area contributed by atoms with Crippen LogP contribution in [0, 0.1) is 5.92 Å². The van der Waals surface area contributed by atoms with Gasteiger partial charge < -0.3 is 26.4 Å². The van der Waals surface area contributed by atoms with Gasteiger partial charge in [-0.2, -0.15) is 0 Å². The van der Waals surface area contributed by atoms with Gasteiger partial charge in [-0.15, -0.1) is 10.2 Å². The molecule has 0 saturated heterocycles. The number of benzene rings is 2. The lowest BCUT2D eigenvalue weighted by atomic mass is 10.0. The number of primary amides is 1. The minimum Gasteiger partial charge on any atom is -0.494 e. The maximum atomic E-state index is 12.1. The fourth-order valence-electron chi connectivity index (χ4n) is 3.49. The van der Waals surface area contributed by atoms with Crippen molar-refractivity contribution in [3.63, 3.8) is 0 Å². The van der Waals surface area contributed by atoms with Crippen molar-refractivity contribution < 1.29 is 19.1 Å². The third-order valence-electron chi connectivity index (χ3n) is 5.34. The maximum Gasteiger partial charge on any atom is 0.271 e. The normalized spacial score (nSPS) is 12.4. The highest BCUT2D eigenvalue weighted by atomic mass is 16.5. The first-order valence-corrected chi connectivity index (χ1v) is 10.9. The van der Waals surface area contributed by atoms with E-state index in [9.17, 15) is 14.4 Å². The Morgan fingerprint density at radius 2 is 1.83 bits per heavy atom. The maximum absolute atomic E-state index is 12.1. The van der Waals surface area contributed by atoms with Gasteiger partial charge in [0, 0.05) is 23.2 Å². The van der Waals surface area contributed by atoms with Crippen LogP contribution in [0.5, 0.6) is 5.75 Å². The average Bonchev–Trinajstić information content (AvgIpc) is 3.70. The van der Waals surface area contributed by atoms with Crippen LogP contribution in [0.2, 0.25) is 0 Å². The molecule has 4 rings (SSSR count).